The van der Waals surface area contributed by atoms with Crippen molar-refractivity contribution in [2.45, 2.75) is 51.4 Å². The zero-order valence-electron chi connectivity index (χ0n) is 10.7. The SMILES string of the molecule is CC(C)NC(CCOCCCC(F)(F)F)C(N)=O. The fourth-order valence-corrected chi connectivity index (χ4v) is 1.39. The summed E-state index contributed by atoms with van der Waals surface area (Å²) in [4.78, 5) is 11.0. The molecule has 3 N–H and O–H groups in total. The van der Waals surface area contributed by atoms with Gasteiger partial charge in [0.1, 0.15) is 0 Å². The zero-order chi connectivity index (χ0) is 14.2. The number of carbonyl (C=O) groups excluding carboxylic acids is 1. The van der Waals surface area contributed by atoms with Crippen molar-refractivity contribution in [1.29, 1.82) is 0 Å². The van der Waals surface area contributed by atoms with Gasteiger partial charge < -0.3 is 15.8 Å². The molecular formula is C11H21F3N2O2. The first-order chi connectivity index (χ1) is 8.22. The molecule has 0 saturated heterocycles. The van der Waals surface area contributed by atoms with E-state index in [1.807, 2.05) is 13.8 Å². The molecule has 0 bridgehead atoms. The molecule has 0 aromatic carbocycles. The lowest BCUT2D eigenvalue weighted by Crippen LogP contribution is -2.45. The highest BCUT2D eigenvalue weighted by molar-refractivity contribution is 5.79. The second-order valence-electron chi connectivity index (χ2n) is 4.40. The normalized spacial score (nSPS) is 13.9. The summed E-state index contributed by atoms with van der Waals surface area (Å²) in [7, 11) is 0. The van der Waals surface area contributed by atoms with Gasteiger partial charge in [0.25, 0.3) is 0 Å². The monoisotopic (exact) mass is 270 g/mol. The number of halogens is 3. The molecule has 0 fully saturated rings. The van der Waals surface area contributed by atoms with Gasteiger partial charge in [0.15, 0.2) is 0 Å². The Morgan fingerprint density at radius 3 is 2.39 bits per heavy atom. The summed E-state index contributed by atoms with van der Waals surface area (Å²) >= 11 is 0. The first-order valence-electron chi connectivity index (χ1n) is 5.92. The lowest BCUT2D eigenvalue weighted by molar-refractivity contribution is -0.137. The molecule has 0 aliphatic carbocycles. The number of carbonyl (C=O) groups is 1. The molecule has 0 spiro atoms. The Labute approximate surface area is 105 Å². The summed E-state index contributed by atoms with van der Waals surface area (Å²) < 4.78 is 40.5. The fourth-order valence-electron chi connectivity index (χ4n) is 1.39. The van der Waals surface area contributed by atoms with Crippen LogP contribution >= 0.6 is 0 Å². The average Bonchev–Trinajstić information content (AvgIpc) is 2.18. The topological polar surface area (TPSA) is 64.3 Å². The van der Waals surface area contributed by atoms with Gasteiger partial charge in [0, 0.05) is 25.7 Å². The highest BCUT2D eigenvalue weighted by Gasteiger charge is 2.26. The van der Waals surface area contributed by atoms with Crippen molar-refractivity contribution >= 4 is 5.91 Å². The van der Waals surface area contributed by atoms with E-state index in [-0.39, 0.29) is 25.7 Å². The lowest BCUT2D eigenvalue weighted by Gasteiger charge is -2.18. The van der Waals surface area contributed by atoms with E-state index in [9.17, 15) is 18.0 Å². The molecule has 0 aromatic heterocycles. The van der Waals surface area contributed by atoms with Crippen LogP contribution in [-0.2, 0) is 9.53 Å². The van der Waals surface area contributed by atoms with Crippen molar-refractivity contribution in [3.05, 3.63) is 0 Å². The highest BCUT2D eigenvalue weighted by Crippen LogP contribution is 2.20. The third-order valence-electron chi connectivity index (χ3n) is 2.18. The van der Waals surface area contributed by atoms with Gasteiger partial charge in [0.05, 0.1) is 6.04 Å². The fraction of sp³-hybridized carbons (Fsp3) is 0.909. The van der Waals surface area contributed by atoms with Crippen LogP contribution in [0.3, 0.4) is 0 Å². The number of amides is 1. The van der Waals surface area contributed by atoms with Crippen LogP contribution in [0.5, 0.6) is 0 Å². The highest BCUT2D eigenvalue weighted by atomic mass is 19.4. The van der Waals surface area contributed by atoms with Crippen LogP contribution < -0.4 is 11.1 Å². The molecule has 0 aliphatic rings. The van der Waals surface area contributed by atoms with Gasteiger partial charge in [-0.25, -0.2) is 0 Å². The minimum Gasteiger partial charge on any atom is -0.381 e. The van der Waals surface area contributed by atoms with E-state index in [2.05, 4.69) is 5.32 Å². The van der Waals surface area contributed by atoms with Crippen LogP contribution in [0, 0.1) is 0 Å². The standard InChI is InChI=1S/C11H21F3N2O2/c1-8(2)16-9(10(15)17)4-7-18-6-3-5-11(12,13)14/h8-9,16H,3-7H2,1-2H3,(H2,15,17). The molecular weight excluding hydrogens is 249 g/mol. The first-order valence-corrected chi connectivity index (χ1v) is 5.92. The van der Waals surface area contributed by atoms with Gasteiger partial charge in [-0.2, -0.15) is 13.2 Å². The van der Waals surface area contributed by atoms with Crippen molar-refractivity contribution in [3.63, 3.8) is 0 Å². The molecule has 108 valence electrons. The molecule has 18 heavy (non-hydrogen) atoms. The van der Waals surface area contributed by atoms with E-state index in [4.69, 9.17) is 10.5 Å². The van der Waals surface area contributed by atoms with E-state index in [0.29, 0.717) is 6.42 Å². The molecule has 0 radical (unpaired) electrons. The molecule has 0 saturated carbocycles. The first kappa shape index (κ1) is 17.2. The second-order valence-corrected chi connectivity index (χ2v) is 4.40. The van der Waals surface area contributed by atoms with Crippen LogP contribution in [0.2, 0.25) is 0 Å². The summed E-state index contributed by atoms with van der Waals surface area (Å²) in [6, 6.07) is -0.402. The molecule has 0 rings (SSSR count). The quantitative estimate of drug-likeness (QED) is 0.625. The van der Waals surface area contributed by atoms with Gasteiger partial charge in [0.2, 0.25) is 5.91 Å². The lowest BCUT2D eigenvalue weighted by atomic mass is 10.2. The maximum Gasteiger partial charge on any atom is 0.389 e. The van der Waals surface area contributed by atoms with Gasteiger partial charge in [-0.3, -0.25) is 4.79 Å². The van der Waals surface area contributed by atoms with Crippen molar-refractivity contribution in [2.24, 2.45) is 5.73 Å². The van der Waals surface area contributed by atoms with Crippen LogP contribution in [0.25, 0.3) is 0 Å². The Morgan fingerprint density at radius 1 is 1.33 bits per heavy atom. The van der Waals surface area contributed by atoms with E-state index < -0.39 is 24.5 Å². The summed E-state index contributed by atoms with van der Waals surface area (Å²) in [5.74, 6) is -0.484. The predicted molar refractivity (Wildman–Crippen MR) is 62.0 cm³/mol. The van der Waals surface area contributed by atoms with Crippen molar-refractivity contribution in [1.82, 2.24) is 5.32 Å². The van der Waals surface area contributed by atoms with E-state index in [0.717, 1.165) is 0 Å². The summed E-state index contributed by atoms with van der Waals surface area (Å²) in [5.41, 5.74) is 5.18. The Hall–Kier alpha value is -0.820. The Bertz CT molecular complexity index is 245. The predicted octanol–water partition coefficient (Wildman–Crippen LogP) is 1.59. The second kappa shape index (κ2) is 8.31. The number of alkyl halides is 3. The molecule has 4 nitrogen and oxygen atoms in total. The number of nitrogens with one attached hydrogen (secondary N) is 1. The van der Waals surface area contributed by atoms with E-state index >= 15 is 0 Å². The molecule has 0 aromatic rings. The molecule has 1 atom stereocenters. The molecule has 0 aliphatic heterocycles. The average molecular weight is 270 g/mol. The van der Waals surface area contributed by atoms with Gasteiger partial charge in [-0.05, 0) is 12.8 Å². The molecule has 1 amide bonds. The molecule has 1 unspecified atom stereocenters. The van der Waals surface area contributed by atoms with Gasteiger partial charge >= 0.3 is 6.18 Å². The zero-order valence-corrected chi connectivity index (χ0v) is 10.7. The van der Waals surface area contributed by atoms with E-state index in [1.165, 1.54) is 0 Å². The third kappa shape index (κ3) is 10.3. The maximum atomic E-state index is 11.8. The van der Waals surface area contributed by atoms with Crippen LogP contribution in [0.4, 0.5) is 13.2 Å². The van der Waals surface area contributed by atoms with Crippen molar-refractivity contribution < 1.29 is 22.7 Å². The van der Waals surface area contributed by atoms with Crippen LogP contribution in [0.15, 0.2) is 0 Å². The third-order valence-corrected chi connectivity index (χ3v) is 2.18. The molecule has 0 heterocycles. The minimum absolute atomic E-state index is 0.0344. The van der Waals surface area contributed by atoms with Gasteiger partial charge in [-0.1, -0.05) is 13.8 Å². The van der Waals surface area contributed by atoms with Crippen molar-refractivity contribution in [3.8, 4) is 0 Å². The Morgan fingerprint density at radius 2 is 1.94 bits per heavy atom. The smallest absolute Gasteiger partial charge is 0.381 e. The van der Waals surface area contributed by atoms with Crippen molar-refractivity contribution in [2.75, 3.05) is 13.2 Å². The number of nitrogens with two attached hydrogens (primary N) is 1. The summed E-state index contributed by atoms with van der Waals surface area (Å²) in [6.07, 6.45) is -4.70. The largest absolute Gasteiger partial charge is 0.389 e. The maximum absolute atomic E-state index is 11.8. The number of hydrogen-bond acceptors (Lipinski definition) is 3. The van der Waals surface area contributed by atoms with E-state index in [1.54, 1.807) is 0 Å². The number of rotatable bonds is 9. The van der Waals surface area contributed by atoms with Crippen LogP contribution in [0.1, 0.15) is 33.1 Å². The number of hydrogen-bond donors (Lipinski definition) is 2. The molecule has 7 heteroatoms. The minimum atomic E-state index is -4.14. The summed E-state index contributed by atoms with van der Waals surface area (Å²) in [6.45, 7) is 4.00. The van der Waals surface area contributed by atoms with Crippen LogP contribution in [-0.4, -0.2) is 37.4 Å². The summed E-state index contributed by atoms with van der Waals surface area (Å²) in [5, 5.41) is 2.96. The Kier molecular flexibility index (Phi) is 7.93. The number of ether oxygens (including phenoxy) is 1. The Balaban J connectivity index is 3.65. The number of primary amides is 1. The van der Waals surface area contributed by atoms with Gasteiger partial charge in [-0.15, -0.1) is 0 Å².